The zero-order valence-electron chi connectivity index (χ0n) is 11.9. The molecular weight excluding hydrogens is 267 g/mol. The Kier molecular flexibility index (Phi) is 3.71. The van der Waals surface area contributed by atoms with Gasteiger partial charge in [0, 0.05) is 19.6 Å². The van der Waals surface area contributed by atoms with Gasteiger partial charge in [0.15, 0.2) is 0 Å². The third-order valence-corrected chi connectivity index (χ3v) is 3.72. The van der Waals surface area contributed by atoms with E-state index in [0.717, 1.165) is 24.2 Å². The van der Waals surface area contributed by atoms with E-state index in [4.69, 9.17) is 0 Å². The highest BCUT2D eigenvalue weighted by atomic mass is 19.1. The summed E-state index contributed by atoms with van der Waals surface area (Å²) in [5, 5.41) is 6.06. The molecule has 3 rings (SSSR count). The summed E-state index contributed by atoms with van der Waals surface area (Å²) in [6, 6.07) is 10.7. The van der Waals surface area contributed by atoms with Crippen LogP contribution in [0.15, 0.2) is 36.4 Å². The lowest BCUT2D eigenvalue weighted by Crippen LogP contribution is -2.24. The van der Waals surface area contributed by atoms with Crippen LogP contribution in [0.3, 0.4) is 0 Å². The molecule has 2 aromatic rings. The Balaban J connectivity index is 1.70. The smallest absolute Gasteiger partial charge is 0.254 e. The normalized spacial score (nSPS) is 13.0. The number of hydrogen-bond acceptors (Lipinski definition) is 2. The number of carbonyl (C=O) groups excluding carboxylic acids is 1. The van der Waals surface area contributed by atoms with Crippen molar-refractivity contribution in [3.05, 3.63) is 70.0 Å². The van der Waals surface area contributed by atoms with Gasteiger partial charge in [-0.25, -0.2) is 4.39 Å². The fraction of sp³-hybridized carbons (Fsp3) is 0.235. The highest BCUT2D eigenvalue weighted by molar-refractivity contribution is 5.94. The van der Waals surface area contributed by atoms with Gasteiger partial charge in [-0.3, -0.25) is 4.79 Å². The summed E-state index contributed by atoms with van der Waals surface area (Å²) in [6.07, 6.45) is 0. The molecule has 108 valence electrons. The lowest BCUT2D eigenvalue weighted by Gasteiger charge is -2.08. The Hall–Kier alpha value is -2.20. The van der Waals surface area contributed by atoms with Crippen LogP contribution in [0.5, 0.6) is 0 Å². The first kappa shape index (κ1) is 13.8. The van der Waals surface area contributed by atoms with E-state index in [1.54, 1.807) is 12.1 Å². The number of nitrogens with one attached hydrogen (secondary N) is 2. The predicted molar refractivity (Wildman–Crippen MR) is 79.3 cm³/mol. The molecule has 4 heteroatoms. The summed E-state index contributed by atoms with van der Waals surface area (Å²) in [7, 11) is 0. The molecule has 0 saturated heterocycles. The second-order valence-electron chi connectivity index (χ2n) is 5.37. The first-order chi connectivity index (χ1) is 10.1. The molecule has 3 nitrogen and oxygen atoms in total. The zero-order valence-corrected chi connectivity index (χ0v) is 11.9. The summed E-state index contributed by atoms with van der Waals surface area (Å²) in [5.41, 5.74) is 4.56. The monoisotopic (exact) mass is 284 g/mol. The molecule has 0 radical (unpaired) electrons. The average Bonchev–Trinajstić information content (AvgIpc) is 2.94. The van der Waals surface area contributed by atoms with Gasteiger partial charge in [0.25, 0.3) is 5.91 Å². The number of halogens is 1. The third-order valence-electron chi connectivity index (χ3n) is 3.72. The first-order valence-electron chi connectivity index (χ1n) is 6.99. The SMILES string of the molecule is Cc1ccc(F)c(C(=O)NCc2ccc3c(c2)CNC3)c1. The molecule has 0 fully saturated rings. The Bertz CT molecular complexity index is 697. The Morgan fingerprint density at radius 1 is 1.19 bits per heavy atom. The van der Waals surface area contributed by atoms with Gasteiger partial charge in [-0.15, -0.1) is 0 Å². The van der Waals surface area contributed by atoms with Crippen molar-refractivity contribution in [1.29, 1.82) is 0 Å². The van der Waals surface area contributed by atoms with E-state index in [0.29, 0.717) is 6.54 Å². The van der Waals surface area contributed by atoms with Crippen molar-refractivity contribution in [2.45, 2.75) is 26.6 Å². The number of hydrogen-bond donors (Lipinski definition) is 2. The van der Waals surface area contributed by atoms with Crippen molar-refractivity contribution in [1.82, 2.24) is 10.6 Å². The van der Waals surface area contributed by atoms with Crippen LogP contribution in [0.2, 0.25) is 0 Å². The lowest BCUT2D eigenvalue weighted by molar-refractivity contribution is 0.0947. The second kappa shape index (κ2) is 5.66. The van der Waals surface area contributed by atoms with Crippen LogP contribution in [0.1, 0.15) is 32.6 Å². The maximum absolute atomic E-state index is 13.7. The number of carbonyl (C=O) groups is 1. The van der Waals surface area contributed by atoms with Crippen LogP contribution in [-0.2, 0) is 19.6 Å². The molecule has 1 aliphatic rings. The van der Waals surface area contributed by atoms with Crippen LogP contribution >= 0.6 is 0 Å². The first-order valence-corrected chi connectivity index (χ1v) is 6.99. The lowest BCUT2D eigenvalue weighted by atomic mass is 10.1. The van der Waals surface area contributed by atoms with Crippen molar-refractivity contribution in [2.75, 3.05) is 0 Å². The van der Waals surface area contributed by atoms with E-state index in [1.807, 2.05) is 13.0 Å². The zero-order chi connectivity index (χ0) is 14.8. The largest absolute Gasteiger partial charge is 0.348 e. The summed E-state index contributed by atoms with van der Waals surface area (Å²) in [4.78, 5) is 12.1. The maximum Gasteiger partial charge on any atom is 0.254 e. The van der Waals surface area contributed by atoms with Crippen LogP contribution in [0.4, 0.5) is 4.39 Å². The van der Waals surface area contributed by atoms with Gasteiger partial charge in [-0.1, -0.05) is 29.8 Å². The quantitative estimate of drug-likeness (QED) is 0.910. The molecular formula is C17H17FN2O. The van der Waals surface area contributed by atoms with Gasteiger partial charge in [-0.05, 0) is 35.7 Å². The molecule has 0 atom stereocenters. The van der Waals surface area contributed by atoms with Crippen LogP contribution < -0.4 is 10.6 Å². The third kappa shape index (κ3) is 2.95. The van der Waals surface area contributed by atoms with E-state index in [9.17, 15) is 9.18 Å². The minimum Gasteiger partial charge on any atom is -0.348 e. The predicted octanol–water partition coefficient (Wildman–Crippen LogP) is 2.67. The molecule has 0 aromatic heterocycles. The van der Waals surface area contributed by atoms with E-state index >= 15 is 0 Å². The Morgan fingerprint density at radius 2 is 2.00 bits per heavy atom. The number of rotatable bonds is 3. The molecule has 1 heterocycles. The highest BCUT2D eigenvalue weighted by Crippen LogP contribution is 2.17. The number of aryl methyl sites for hydroxylation is 1. The van der Waals surface area contributed by atoms with Crippen LogP contribution in [0.25, 0.3) is 0 Å². The van der Waals surface area contributed by atoms with Crippen molar-refractivity contribution >= 4 is 5.91 Å². The molecule has 0 spiro atoms. The fourth-order valence-electron chi connectivity index (χ4n) is 2.55. The molecule has 1 amide bonds. The molecule has 1 aliphatic heterocycles. The van der Waals surface area contributed by atoms with E-state index < -0.39 is 5.82 Å². The van der Waals surface area contributed by atoms with Gasteiger partial charge in [0.2, 0.25) is 0 Å². The van der Waals surface area contributed by atoms with Gasteiger partial charge >= 0.3 is 0 Å². The molecule has 0 unspecified atom stereocenters. The van der Waals surface area contributed by atoms with Crippen LogP contribution in [0, 0.1) is 12.7 Å². The summed E-state index contributed by atoms with van der Waals surface area (Å²) < 4.78 is 13.7. The summed E-state index contributed by atoms with van der Waals surface area (Å²) in [6.45, 7) is 4.00. The minimum absolute atomic E-state index is 0.0952. The van der Waals surface area contributed by atoms with E-state index in [1.165, 1.54) is 17.2 Å². The maximum atomic E-state index is 13.7. The minimum atomic E-state index is -0.490. The highest BCUT2D eigenvalue weighted by Gasteiger charge is 2.13. The van der Waals surface area contributed by atoms with Crippen molar-refractivity contribution in [3.8, 4) is 0 Å². The van der Waals surface area contributed by atoms with Crippen molar-refractivity contribution < 1.29 is 9.18 Å². The van der Waals surface area contributed by atoms with Gasteiger partial charge in [-0.2, -0.15) is 0 Å². The van der Waals surface area contributed by atoms with E-state index in [2.05, 4.69) is 22.8 Å². The summed E-state index contributed by atoms with van der Waals surface area (Å²) in [5.74, 6) is -0.869. The van der Waals surface area contributed by atoms with Crippen molar-refractivity contribution in [3.63, 3.8) is 0 Å². The molecule has 2 N–H and O–H groups in total. The van der Waals surface area contributed by atoms with Gasteiger partial charge in [0.05, 0.1) is 5.56 Å². The van der Waals surface area contributed by atoms with Gasteiger partial charge in [0.1, 0.15) is 5.82 Å². The average molecular weight is 284 g/mol. The fourth-order valence-corrected chi connectivity index (χ4v) is 2.55. The Morgan fingerprint density at radius 3 is 2.86 bits per heavy atom. The molecule has 0 bridgehead atoms. The number of benzene rings is 2. The molecule has 0 aliphatic carbocycles. The number of amides is 1. The van der Waals surface area contributed by atoms with E-state index in [-0.39, 0.29) is 11.5 Å². The van der Waals surface area contributed by atoms with Crippen molar-refractivity contribution in [2.24, 2.45) is 0 Å². The molecule has 0 saturated carbocycles. The number of fused-ring (bicyclic) bond motifs is 1. The Labute approximate surface area is 123 Å². The summed E-state index contributed by atoms with van der Waals surface area (Å²) >= 11 is 0. The molecule has 21 heavy (non-hydrogen) atoms. The topological polar surface area (TPSA) is 41.1 Å². The van der Waals surface area contributed by atoms with Crippen LogP contribution in [-0.4, -0.2) is 5.91 Å². The standard InChI is InChI=1S/C17H17FN2O/c1-11-2-5-16(18)15(6-11)17(21)20-8-12-3-4-13-9-19-10-14(13)7-12/h2-7,19H,8-10H2,1H3,(H,20,21). The second-order valence-corrected chi connectivity index (χ2v) is 5.37. The molecule has 2 aromatic carbocycles. The van der Waals surface area contributed by atoms with Gasteiger partial charge < -0.3 is 10.6 Å².